The van der Waals surface area contributed by atoms with Gasteiger partial charge in [-0.1, -0.05) is 84.0 Å². The van der Waals surface area contributed by atoms with E-state index in [9.17, 15) is 0 Å². The number of aryl methyl sites for hydroxylation is 2. The molecule has 1 aromatic heterocycles. The molecule has 0 bridgehead atoms. The Bertz CT molecular complexity index is 326. The molecular formula is C20H36O. The molecule has 1 nitrogen and oxygen atoms in total. The Morgan fingerprint density at radius 1 is 0.667 bits per heavy atom. The van der Waals surface area contributed by atoms with Crippen LogP contribution >= 0.6 is 0 Å². The first-order chi connectivity index (χ1) is 10.3. The van der Waals surface area contributed by atoms with Gasteiger partial charge in [0.25, 0.3) is 0 Å². The van der Waals surface area contributed by atoms with Crippen LogP contribution in [0.5, 0.6) is 0 Å². The van der Waals surface area contributed by atoms with Crippen molar-refractivity contribution in [2.75, 3.05) is 0 Å². The molecule has 0 atom stereocenters. The van der Waals surface area contributed by atoms with Gasteiger partial charge in [0.15, 0.2) is 0 Å². The molecule has 0 radical (unpaired) electrons. The number of rotatable bonds is 14. The highest BCUT2D eigenvalue weighted by Gasteiger charge is 1.98. The zero-order chi connectivity index (χ0) is 15.2. The second-order valence-electron chi connectivity index (χ2n) is 6.50. The first-order valence-corrected chi connectivity index (χ1v) is 9.38. The molecule has 0 saturated carbocycles. The molecule has 0 aliphatic rings. The zero-order valence-corrected chi connectivity index (χ0v) is 14.5. The highest BCUT2D eigenvalue weighted by Crippen LogP contribution is 2.14. The molecule has 0 aliphatic heterocycles. The van der Waals surface area contributed by atoms with Gasteiger partial charge in [0.2, 0.25) is 0 Å². The van der Waals surface area contributed by atoms with Crippen molar-refractivity contribution in [1.29, 1.82) is 0 Å². The molecule has 0 aromatic carbocycles. The van der Waals surface area contributed by atoms with Crippen molar-refractivity contribution in [3.63, 3.8) is 0 Å². The highest BCUT2D eigenvalue weighted by atomic mass is 16.3. The van der Waals surface area contributed by atoms with Gasteiger partial charge in [0.05, 0.1) is 0 Å². The first-order valence-electron chi connectivity index (χ1n) is 9.38. The predicted molar refractivity (Wildman–Crippen MR) is 92.8 cm³/mol. The molecule has 21 heavy (non-hydrogen) atoms. The fraction of sp³-hybridized carbons (Fsp3) is 0.800. The monoisotopic (exact) mass is 292 g/mol. The first kappa shape index (κ1) is 18.3. The molecule has 0 spiro atoms. The molecule has 1 heterocycles. The number of hydrogen-bond acceptors (Lipinski definition) is 1. The molecule has 122 valence electrons. The van der Waals surface area contributed by atoms with Crippen LogP contribution in [0.15, 0.2) is 16.5 Å². The summed E-state index contributed by atoms with van der Waals surface area (Å²) in [6.07, 6.45) is 19.5. The van der Waals surface area contributed by atoms with E-state index in [1.807, 2.05) is 6.92 Å². The van der Waals surface area contributed by atoms with Crippen molar-refractivity contribution in [3.8, 4) is 0 Å². The highest BCUT2D eigenvalue weighted by molar-refractivity contribution is 5.05. The van der Waals surface area contributed by atoms with E-state index in [1.54, 1.807) is 0 Å². The molecule has 1 heteroatoms. The summed E-state index contributed by atoms with van der Waals surface area (Å²) in [5, 5.41) is 0. The quantitative estimate of drug-likeness (QED) is 0.330. The fourth-order valence-corrected chi connectivity index (χ4v) is 2.94. The Labute approximate surface area is 132 Å². The Morgan fingerprint density at radius 2 is 1.14 bits per heavy atom. The van der Waals surface area contributed by atoms with Crippen molar-refractivity contribution < 1.29 is 4.42 Å². The molecule has 0 amide bonds. The lowest BCUT2D eigenvalue weighted by atomic mass is 10.0. The molecule has 0 saturated heterocycles. The van der Waals surface area contributed by atoms with E-state index in [0.29, 0.717) is 0 Å². The van der Waals surface area contributed by atoms with E-state index in [2.05, 4.69) is 19.1 Å². The van der Waals surface area contributed by atoms with Crippen molar-refractivity contribution in [2.45, 2.75) is 104 Å². The van der Waals surface area contributed by atoms with Crippen LogP contribution in [0.25, 0.3) is 0 Å². The van der Waals surface area contributed by atoms with Crippen molar-refractivity contribution in [2.24, 2.45) is 0 Å². The fourth-order valence-electron chi connectivity index (χ4n) is 2.94. The third-order valence-corrected chi connectivity index (χ3v) is 4.32. The third-order valence-electron chi connectivity index (χ3n) is 4.32. The van der Waals surface area contributed by atoms with E-state index >= 15 is 0 Å². The summed E-state index contributed by atoms with van der Waals surface area (Å²) < 4.78 is 5.59. The van der Waals surface area contributed by atoms with Crippen LogP contribution < -0.4 is 0 Å². The average Bonchev–Trinajstić information content (AvgIpc) is 2.89. The zero-order valence-electron chi connectivity index (χ0n) is 14.5. The van der Waals surface area contributed by atoms with Gasteiger partial charge in [-0.2, -0.15) is 0 Å². The van der Waals surface area contributed by atoms with Crippen LogP contribution in [0, 0.1) is 6.92 Å². The summed E-state index contributed by atoms with van der Waals surface area (Å²) in [6, 6.07) is 4.19. The average molecular weight is 293 g/mol. The van der Waals surface area contributed by atoms with Gasteiger partial charge in [0, 0.05) is 6.42 Å². The molecule has 0 aliphatic carbocycles. The number of unbranched alkanes of at least 4 members (excludes halogenated alkanes) is 12. The lowest BCUT2D eigenvalue weighted by molar-refractivity contribution is 0.469. The summed E-state index contributed by atoms with van der Waals surface area (Å²) in [6.45, 7) is 4.31. The van der Waals surface area contributed by atoms with E-state index < -0.39 is 0 Å². The van der Waals surface area contributed by atoms with Gasteiger partial charge in [-0.25, -0.2) is 0 Å². The van der Waals surface area contributed by atoms with Gasteiger partial charge >= 0.3 is 0 Å². The van der Waals surface area contributed by atoms with Crippen LogP contribution in [-0.4, -0.2) is 0 Å². The van der Waals surface area contributed by atoms with Crippen molar-refractivity contribution in [3.05, 3.63) is 23.7 Å². The van der Waals surface area contributed by atoms with E-state index in [4.69, 9.17) is 4.42 Å². The van der Waals surface area contributed by atoms with Crippen molar-refractivity contribution in [1.82, 2.24) is 0 Å². The summed E-state index contributed by atoms with van der Waals surface area (Å²) >= 11 is 0. The lowest BCUT2D eigenvalue weighted by Crippen LogP contribution is -1.85. The Balaban J connectivity index is 1.74. The Kier molecular flexibility index (Phi) is 11.3. The summed E-state index contributed by atoms with van der Waals surface area (Å²) in [5.41, 5.74) is 0. The molecule has 0 N–H and O–H groups in total. The van der Waals surface area contributed by atoms with Gasteiger partial charge in [-0.15, -0.1) is 0 Å². The van der Waals surface area contributed by atoms with Crippen LogP contribution in [0.2, 0.25) is 0 Å². The second-order valence-corrected chi connectivity index (χ2v) is 6.50. The topological polar surface area (TPSA) is 13.1 Å². The molecule has 0 unspecified atom stereocenters. The van der Waals surface area contributed by atoms with Gasteiger partial charge in [-0.05, 0) is 25.5 Å². The Hall–Kier alpha value is -0.720. The largest absolute Gasteiger partial charge is 0.466 e. The summed E-state index contributed by atoms with van der Waals surface area (Å²) in [7, 11) is 0. The van der Waals surface area contributed by atoms with Crippen LogP contribution in [0.3, 0.4) is 0 Å². The lowest BCUT2D eigenvalue weighted by Gasteiger charge is -2.02. The molecule has 1 aromatic rings. The standard InChI is InChI=1S/C20H36O/c1-3-4-5-6-7-8-9-10-11-12-13-14-15-16-20-18-17-19(2)21-20/h17-18H,3-16H2,1-2H3. The maximum atomic E-state index is 5.59. The summed E-state index contributed by atoms with van der Waals surface area (Å²) in [4.78, 5) is 0. The number of hydrogen-bond donors (Lipinski definition) is 0. The van der Waals surface area contributed by atoms with Gasteiger partial charge in [-0.3, -0.25) is 0 Å². The van der Waals surface area contributed by atoms with E-state index in [-0.39, 0.29) is 0 Å². The minimum absolute atomic E-state index is 1.04. The normalized spacial score (nSPS) is 11.1. The maximum absolute atomic E-state index is 5.59. The SMILES string of the molecule is CCCCCCCCCCCCCCCc1ccc(C)o1. The van der Waals surface area contributed by atoms with E-state index in [0.717, 1.165) is 17.9 Å². The Morgan fingerprint density at radius 3 is 1.57 bits per heavy atom. The number of furan rings is 1. The second kappa shape index (κ2) is 13.0. The molecule has 1 rings (SSSR count). The minimum Gasteiger partial charge on any atom is -0.466 e. The maximum Gasteiger partial charge on any atom is 0.104 e. The predicted octanol–water partition coefficient (Wildman–Crippen LogP) is 7.22. The van der Waals surface area contributed by atoms with Gasteiger partial charge < -0.3 is 4.42 Å². The van der Waals surface area contributed by atoms with E-state index in [1.165, 1.54) is 83.5 Å². The smallest absolute Gasteiger partial charge is 0.104 e. The summed E-state index contributed by atoms with van der Waals surface area (Å²) in [5.74, 6) is 2.20. The van der Waals surface area contributed by atoms with Crippen LogP contribution in [-0.2, 0) is 6.42 Å². The molecule has 0 fully saturated rings. The minimum atomic E-state index is 1.04. The van der Waals surface area contributed by atoms with Crippen LogP contribution in [0.1, 0.15) is 102 Å². The van der Waals surface area contributed by atoms with Crippen LogP contribution in [0.4, 0.5) is 0 Å². The van der Waals surface area contributed by atoms with Gasteiger partial charge in [0.1, 0.15) is 11.5 Å². The van der Waals surface area contributed by atoms with Crippen molar-refractivity contribution >= 4 is 0 Å². The third kappa shape index (κ3) is 10.6. The molecular weight excluding hydrogens is 256 g/mol.